The van der Waals surface area contributed by atoms with Crippen molar-refractivity contribution in [3.8, 4) is 0 Å². The fraction of sp³-hybridized carbons (Fsp3) is 0.368. The van der Waals surface area contributed by atoms with Crippen LogP contribution >= 0.6 is 0 Å². The summed E-state index contributed by atoms with van der Waals surface area (Å²) in [6.07, 6.45) is 0. The topological polar surface area (TPSA) is 32.5 Å². The average Bonchev–Trinajstić information content (AvgIpc) is 2.58. The van der Waals surface area contributed by atoms with Gasteiger partial charge in [-0.3, -0.25) is 9.80 Å². The van der Waals surface area contributed by atoms with E-state index in [0.29, 0.717) is 6.54 Å². The van der Waals surface area contributed by atoms with Crippen molar-refractivity contribution in [3.63, 3.8) is 0 Å². The van der Waals surface area contributed by atoms with E-state index in [4.69, 9.17) is 5.73 Å². The van der Waals surface area contributed by atoms with Crippen molar-refractivity contribution in [2.45, 2.75) is 19.6 Å². The van der Waals surface area contributed by atoms with Crippen molar-refractivity contribution in [3.05, 3.63) is 71.3 Å². The fourth-order valence-corrected chi connectivity index (χ4v) is 3.10. The summed E-state index contributed by atoms with van der Waals surface area (Å²) in [5.41, 5.74) is 9.89. The zero-order valence-electron chi connectivity index (χ0n) is 13.1. The van der Waals surface area contributed by atoms with Crippen molar-refractivity contribution >= 4 is 0 Å². The number of rotatable bonds is 5. The number of hydrogen-bond acceptors (Lipinski definition) is 3. The summed E-state index contributed by atoms with van der Waals surface area (Å²) in [5.74, 6) is 0. The normalized spacial score (nSPS) is 16.8. The second-order valence-electron chi connectivity index (χ2n) is 6.01. The molecule has 0 aliphatic carbocycles. The van der Waals surface area contributed by atoms with Crippen LogP contribution in [0.3, 0.4) is 0 Å². The molecule has 1 saturated heterocycles. The lowest BCUT2D eigenvalue weighted by Crippen LogP contribution is -2.45. The van der Waals surface area contributed by atoms with E-state index in [9.17, 15) is 0 Å². The van der Waals surface area contributed by atoms with Crippen LogP contribution in [0.4, 0.5) is 0 Å². The van der Waals surface area contributed by atoms with E-state index < -0.39 is 0 Å². The predicted octanol–water partition coefficient (Wildman–Crippen LogP) is 2.46. The molecule has 0 unspecified atom stereocenters. The third-order valence-electron chi connectivity index (χ3n) is 4.45. The van der Waals surface area contributed by atoms with Crippen LogP contribution < -0.4 is 5.73 Å². The van der Waals surface area contributed by atoms with Crippen LogP contribution in [0.5, 0.6) is 0 Å². The third-order valence-corrected chi connectivity index (χ3v) is 4.45. The van der Waals surface area contributed by atoms with Gasteiger partial charge in [0.1, 0.15) is 0 Å². The minimum Gasteiger partial charge on any atom is -0.326 e. The molecular formula is C19H25N3. The van der Waals surface area contributed by atoms with E-state index in [1.165, 1.54) is 16.7 Å². The van der Waals surface area contributed by atoms with E-state index in [1.807, 2.05) is 0 Å². The van der Waals surface area contributed by atoms with Crippen LogP contribution in [-0.2, 0) is 19.6 Å². The lowest BCUT2D eigenvalue weighted by Gasteiger charge is -2.35. The summed E-state index contributed by atoms with van der Waals surface area (Å²) in [7, 11) is 0. The van der Waals surface area contributed by atoms with Crippen LogP contribution in [-0.4, -0.2) is 36.0 Å². The van der Waals surface area contributed by atoms with Gasteiger partial charge < -0.3 is 5.73 Å². The number of benzene rings is 2. The summed E-state index contributed by atoms with van der Waals surface area (Å²) >= 11 is 0. The van der Waals surface area contributed by atoms with Gasteiger partial charge in [-0.05, 0) is 16.7 Å². The number of piperazine rings is 1. The average molecular weight is 295 g/mol. The molecule has 1 aliphatic heterocycles. The van der Waals surface area contributed by atoms with Crippen LogP contribution in [0, 0.1) is 0 Å². The SMILES string of the molecule is NCc1ccccc1CN1CCN(Cc2ccccc2)CC1. The summed E-state index contributed by atoms with van der Waals surface area (Å²) in [6.45, 7) is 7.25. The molecule has 0 spiro atoms. The first kappa shape index (κ1) is 15.2. The van der Waals surface area contributed by atoms with Crippen molar-refractivity contribution < 1.29 is 0 Å². The first-order valence-corrected chi connectivity index (χ1v) is 8.10. The molecule has 3 rings (SSSR count). The van der Waals surface area contributed by atoms with Gasteiger partial charge in [-0.2, -0.15) is 0 Å². The van der Waals surface area contributed by atoms with E-state index in [0.717, 1.165) is 39.3 Å². The molecule has 2 aromatic carbocycles. The Labute approximate surface area is 133 Å². The van der Waals surface area contributed by atoms with Crippen molar-refractivity contribution in [1.29, 1.82) is 0 Å². The maximum Gasteiger partial charge on any atom is 0.0238 e. The summed E-state index contributed by atoms with van der Waals surface area (Å²) < 4.78 is 0. The van der Waals surface area contributed by atoms with Crippen LogP contribution in [0.25, 0.3) is 0 Å². The van der Waals surface area contributed by atoms with Gasteiger partial charge in [-0.1, -0.05) is 54.6 Å². The Balaban J connectivity index is 1.51. The molecule has 1 fully saturated rings. The van der Waals surface area contributed by atoms with E-state index >= 15 is 0 Å². The maximum absolute atomic E-state index is 5.84. The number of nitrogens with two attached hydrogens (primary N) is 1. The minimum atomic E-state index is 0.629. The zero-order valence-corrected chi connectivity index (χ0v) is 13.1. The molecule has 0 bridgehead atoms. The van der Waals surface area contributed by atoms with E-state index in [2.05, 4.69) is 64.4 Å². The first-order chi connectivity index (χ1) is 10.8. The second kappa shape index (κ2) is 7.54. The van der Waals surface area contributed by atoms with Crippen LogP contribution in [0.2, 0.25) is 0 Å². The summed E-state index contributed by atoms with van der Waals surface area (Å²) in [4.78, 5) is 5.08. The highest BCUT2D eigenvalue weighted by atomic mass is 15.3. The van der Waals surface area contributed by atoms with Gasteiger partial charge in [0.25, 0.3) is 0 Å². The van der Waals surface area contributed by atoms with Gasteiger partial charge in [0.2, 0.25) is 0 Å². The molecule has 2 aromatic rings. The molecule has 0 atom stereocenters. The molecule has 1 heterocycles. The number of hydrogen-bond donors (Lipinski definition) is 1. The largest absolute Gasteiger partial charge is 0.326 e. The second-order valence-corrected chi connectivity index (χ2v) is 6.01. The highest BCUT2D eigenvalue weighted by Gasteiger charge is 2.17. The quantitative estimate of drug-likeness (QED) is 0.920. The third kappa shape index (κ3) is 3.95. The van der Waals surface area contributed by atoms with Crippen molar-refractivity contribution in [2.24, 2.45) is 5.73 Å². The molecule has 0 amide bonds. The molecule has 3 nitrogen and oxygen atoms in total. The molecule has 116 valence electrons. The lowest BCUT2D eigenvalue weighted by atomic mass is 10.1. The van der Waals surface area contributed by atoms with Gasteiger partial charge in [0.15, 0.2) is 0 Å². The van der Waals surface area contributed by atoms with Crippen LogP contribution in [0.1, 0.15) is 16.7 Å². The Bertz CT molecular complexity index is 574. The molecular weight excluding hydrogens is 270 g/mol. The lowest BCUT2D eigenvalue weighted by molar-refractivity contribution is 0.122. The Kier molecular flexibility index (Phi) is 5.22. The van der Waals surface area contributed by atoms with Crippen molar-refractivity contribution in [1.82, 2.24) is 9.80 Å². The van der Waals surface area contributed by atoms with Gasteiger partial charge >= 0.3 is 0 Å². The fourth-order valence-electron chi connectivity index (χ4n) is 3.10. The first-order valence-electron chi connectivity index (χ1n) is 8.10. The number of nitrogens with zero attached hydrogens (tertiary/aromatic N) is 2. The van der Waals surface area contributed by atoms with Crippen molar-refractivity contribution in [2.75, 3.05) is 26.2 Å². The van der Waals surface area contributed by atoms with Crippen LogP contribution in [0.15, 0.2) is 54.6 Å². The highest BCUT2D eigenvalue weighted by molar-refractivity contribution is 5.26. The van der Waals surface area contributed by atoms with Gasteiger partial charge in [0, 0.05) is 45.8 Å². The molecule has 2 N–H and O–H groups in total. The molecule has 3 heteroatoms. The Morgan fingerprint density at radius 2 is 1.23 bits per heavy atom. The van der Waals surface area contributed by atoms with Gasteiger partial charge in [-0.25, -0.2) is 0 Å². The zero-order chi connectivity index (χ0) is 15.2. The molecule has 0 aromatic heterocycles. The molecule has 22 heavy (non-hydrogen) atoms. The van der Waals surface area contributed by atoms with Gasteiger partial charge in [0.05, 0.1) is 0 Å². The Morgan fingerprint density at radius 3 is 1.86 bits per heavy atom. The molecule has 1 aliphatic rings. The molecule has 0 saturated carbocycles. The van der Waals surface area contributed by atoms with Gasteiger partial charge in [-0.15, -0.1) is 0 Å². The Morgan fingerprint density at radius 1 is 0.682 bits per heavy atom. The summed E-state index contributed by atoms with van der Waals surface area (Å²) in [6, 6.07) is 19.3. The monoisotopic (exact) mass is 295 g/mol. The molecule has 0 radical (unpaired) electrons. The van der Waals surface area contributed by atoms with E-state index in [1.54, 1.807) is 0 Å². The smallest absolute Gasteiger partial charge is 0.0238 e. The highest BCUT2D eigenvalue weighted by Crippen LogP contribution is 2.14. The van der Waals surface area contributed by atoms with E-state index in [-0.39, 0.29) is 0 Å². The Hall–Kier alpha value is -1.68. The maximum atomic E-state index is 5.84. The summed E-state index contributed by atoms with van der Waals surface area (Å²) in [5, 5.41) is 0. The minimum absolute atomic E-state index is 0.629. The predicted molar refractivity (Wildman–Crippen MR) is 91.3 cm³/mol. The standard InChI is InChI=1S/C19H25N3/c20-14-18-8-4-5-9-19(18)16-22-12-10-21(11-13-22)15-17-6-2-1-3-7-17/h1-9H,10-16,20H2.